The monoisotopic (exact) mass is 362 g/mol. The fourth-order valence-electron chi connectivity index (χ4n) is 2.21. The number of aromatic nitrogens is 2. The van der Waals surface area contributed by atoms with Crippen LogP contribution in [0.15, 0.2) is 60.9 Å². The molecule has 1 aromatic heterocycles. The van der Waals surface area contributed by atoms with Gasteiger partial charge in [-0.15, -0.1) is 0 Å². The predicted octanol–water partition coefficient (Wildman–Crippen LogP) is 4.99. The van der Waals surface area contributed by atoms with Crippen molar-refractivity contribution in [3.8, 4) is 0 Å². The number of nitrogens with one attached hydrogen (secondary N) is 2. The van der Waals surface area contributed by atoms with Gasteiger partial charge in [0.2, 0.25) is 0 Å². The smallest absolute Gasteiger partial charge is 0.366 e. The molecule has 4 nitrogen and oxygen atoms in total. The fraction of sp³-hybridized carbons (Fsp3) is 0.111. The van der Waals surface area contributed by atoms with Gasteiger partial charge in [-0.25, -0.2) is 14.4 Å². The molecule has 2 aromatic carbocycles. The number of rotatable bonds is 5. The van der Waals surface area contributed by atoms with Gasteiger partial charge in [0, 0.05) is 18.3 Å². The van der Waals surface area contributed by atoms with Crippen LogP contribution in [0.3, 0.4) is 0 Å². The topological polar surface area (TPSA) is 49.8 Å². The van der Waals surface area contributed by atoms with Crippen LogP contribution in [0.25, 0.3) is 0 Å². The van der Waals surface area contributed by atoms with Gasteiger partial charge in [0.1, 0.15) is 23.8 Å². The Morgan fingerprint density at radius 3 is 2.15 bits per heavy atom. The van der Waals surface area contributed by atoms with Crippen molar-refractivity contribution in [3.05, 3.63) is 77.9 Å². The number of alkyl halides is 3. The minimum Gasteiger partial charge on any atom is -0.366 e. The highest BCUT2D eigenvalue weighted by molar-refractivity contribution is 5.59. The summed E-state index contributed by atoms with van der Waals surface area (Å²) in [7, 11) is 0. The molecule has 0 unspecified atom stereocenters. The van der Waals surface area contributed by atoms with Crippen molar-refractivity contribution in [1.82, 2.24) is 9.97 Å². The maximum Gasteiger partial charge on any atom is 0.416 e. The van der Waals surface area contributed by atoms with Crippen molar-refractivity contribution in [3.63, 3.8) is 0 Å². The molecule has 0 fully saturated rings. The van der Waals surface area contributed by atoms with E-state index >= 15 is 0 Å². The molecule has 0 saturated carbocycles. The molecule has 3 rings (SSSR count). The first-order valence-electron chi connectivity index (χ1n) is 7.65. The number of hydrogen-bond acceptors (Lipinski definition) is 4. The van der Waals surface area contributed by atoms with Gasteiger partial charge in [-0.05, 0) is 42.0 Å². The van der Waals surface area contributed by atoms with Crippen LogP contribution < -0.4 is 10.6 Å². The van der Waals surface area contributed by atoms with E-state index in [9.17, 15) is 17.6 Å². The lowest BCUT2D eigenvalue weighted by molar-refractivity contribution is -0.137. The van der Waals surface area contributed by atoms with Crippen molar-refractivity contribution in [2.45, 2.75) is 12.7 Å². The first kappa shape index (κ1) is 17.7. The number of benzene rings is 2. The van der Waals surface area contributed by atoms with Gasteiger partial charge in [-0.1, -0.05) is 12.1 Å². The summed E-state index contributed by atoms with van der Waals surface area (Å²) in [5.41, 5.74) is 0.635. The molecule has 0 aliphatic rings. The maximum absolute atomic E-state index is 12.9. The maximum atomic E-state index is 12.9. The van der Waals surface area contributed by atoms with Crippen molar-refractivity contribution in [2.24, 2.45) is 0 Å². The second-order valence-electron chi connectivity index (χ2n) is 5.47. The van der Waals surface area contributed by atoms with Gasteiger partial charge in [0.15, 0.2) is 0 Å². The van der Waals surface area contributed by atoms with Gasteiger partial charge < -0.3 is 10.6 Å². The molecule has 8 heteroatoms. The zero-order valence-electron chi connectivity index (χ0n) is 13.4. The van der Waals surface area contributed by atoms with E-state index in [0.717, 1.165) is 17.7 Å². The van der Waals surface area contributed by atoms with Gasteiger partial charge in [0.25, 0.3) is 0 Å². The molecule has 134 valence electrons. The summed E-state index contributed by atoms with van der Waals surface area (Å²) in [4.78, 5) is 8.11. The Balaban J connectivity index is 1.64. The largest absolute Gasteiger partial charge is 0.416 e. The van der Waals surface area contributed by atoms with Gasteiger partial charge >= 0.3 is 6.18 Å². The first-order chi connectivity index (χ1) is 12.4. The molecule has 0 amide bonds. The van der Waals surface area contributed by atoms with E-state index in [-0.39, 0.29) is 5.82 Å². The average molecular weight is 362 g/mol. The van der Waals surface area contributed by atoms with Crippen molar-refractivity contribution < 1.29 is 17.6 Å². The molecular formula is C18H14F4N4. The third-order valence-corrected chi connectivity index (χ3v) is 3.54. The van der Waals surface area contributed by atoms with E-state index in [1.807, 2.05) is 0 Å². The van der Waals surface area contributed by atoms with E-state index in [1.165, 1.54) is 30.6 Å². The lowest BCUT2D eigenvalue weighted by atomic mass is 10.2. The summed E-state index contributed by atoms with van der Waals surface area (Å²) in [6.07, 6.45) is -3.04. The summed E-state index contributed by atoms with van der Waals surface area (Å²) in [5, 5.41) is 5.99. The van der Waals surface area contributed by atoms with Crippen LogP contribution in [0.2, 0.25) is 0 Å². The molecular weight excluding hydrogens is 348 g/mol. The van der Waals surface area contributed by atoms with Crippen LogP contribution in [0.1, 0.15) is 11.1 Å². The minimum atomic E-state index is -4.37. The SMILES string of the molecule is Fc1ccc(CNc2cc(Nc3ccc(C(F)(F)F)cc3)ncn2)cc1. The summed E-state index contributed by atoms with van der Waals surface area (Å²) in [5.74, 6) is 0.652. The number of halogens is 4. The zero-order chi connectivity index (χ0) is 18.6. The van der Waals surface area contributed by atoms with Crippen LogP contribution in [-0.2, 0) is 12.7 Å². The number of nitrogens with zero attached hydrogens (tertiary/aromatic N) is 2. The van der Waals surface area contributed by atoms with E-state index in [0.29, 0.717) is 23.9 Å². The Labute approximate surface area is 146 Å². The summed E-state index contributed by atoms with van der Waals surface area (Å²) in [6, 6.07) is 12.3. The van der Waals surface area contributed by atoms with E-state index in [1.54, 1.807) is 18.2 Å². The van der Waals surface area contributed by atoms with E-state index in [4.69, 9.17) is 0 Å². The molecule has 1 heterocycles. The highest BCUT2D eigenvalue weighted by atomic mass is 19.4. The van der Waals surface area contributed by atoms with Crippen LogP contribution in [0.5, 0.6) is 0 Å². The Morgan fingerprint density at radius 1 is 0.846 bits per heavy atom. The van der Waals surface area contributed by atoms with Crippen molar-refractivity contribution in [1.29, 1.82) is 0 Å². The van der Waals surface area contributed by atoms with Crippen LogP contribution in [0.4, 0.5) is 34.9 Å². The van der Waals surface area contributed by atoms with Gasteiger partial charge in [-0.2, -0.15) is 13.2 Å². The average Bonchev–Trinajstić information content (AvgIpc) is 2.61. The number of hydrogen-bond donors (Lipinski definition) is 2. The van der Waals surface area contributed by atoms with E-state index < -0.39 is 11.7 Å². The second kappa shape index (κ2) is 7.38. The lowest BCUT2D eigenvalue weighted by Crippen LogP contribution is -2.05. The summed E-state index contributed by atoms with van der Waals surface area (Å²) < 4.78 is 50.6. The van der Waals surface area contributed by atoms with Crippen molar-refractivity contribution >= 4 is 17.3 Å². The normalized spacial score (nSPS) is 11.2. The minimum absolute atomic E-state index is 0.307. The molecule has 0 radical (unpaired) electrons. The first-order valence-corrected chi connectivity index (χ1v) is 7.65. The Bertz CT molecular complexity index is 862. The Hall–Kier alpha value is -3.16. The standard InChI is InChI=1S/C18H14F4N4/c19-14-5-1-12(2-6-14)10-23-16-9-17(25-11-24-16)26-15-7-3-13(4-8-15)18(20,21)22/h1-9,11H,10H2,(H2,23,24,25,26). The molecule has 2 N–H and O–H groups in total. The van der Waals surface area contributed by atoms with Crippen LogP contribution in [-0.4, -0.2) is 9.97 Å². The second-order valence-corrected chi connectivity index (χ2v) is 5.47. The lowest BCUT2D eigenvalue weighted by Gasteiger charge is -2.10. The number of anilines is 3. The third-order valence-electron chi connectivity index (χ3n) is 3.54. The highest BCUT2D eigenvalue weighted by Crippen LogP contribution is 2.30. The molecule has 0 bridgehead atoms. The molecule has 0 atom stereocenters. The summed E-state index contributed by atoms with van der Waals surface area (Å²) >= 11 is 0. The van der Waals surface area contributed by atoms with Crippen LogP contribution >= 0.6 is 0 Å². The van der Waals surface area contributed by atoms with Gasteiger partial charge in [-0.3, -0.25) is 0 Å². The Kier molecular flexibility index (Phi) is 5.01. The quantitative estimate of drug-likeness (QED) is 0.628. The predicted molar refractivity (Wildman–Crippen MR) is 90.5 cm³/mol. The molecule has 0 spiro atoms. The van der Waals surface area contributed by atoms with Crippen LogP contribution in [0, 0.1) is 5.82 Å². The Morgan fingerprint density at radius 2 is 1.50 bits per heavy atom. The molecule has 0 saturated heterocycles. The highest BCUT2D eigenvalue weighted by Gasteiger charge is 2.29. The molecule has 0 aliphatic heterocycles. The zero-order valence-corrected chi connectivity index (χ0v) is 13.4. The molecule has 0 aliphatic carbocycles. The van der Waals surface area contributed by atoms with Gasteiger partial charge in [0.05, 0.1) is 5.56 Å². The summed E-state index contributed by atoms with van der Waals surface area (Å²) in [6.45, 7) is 0.441. The van der Waals surface area contributed by atoms with E-state index in [2.05, 4.69) is 20.6 Å². The fourth-order valence-corrected chi connectivity index (χ4v) is 2.21. The molecule has 26 heavy (non-hydrogen) atoms. The molecule has 3 aromatic rings. The third kappa shape index (κ3) is 4.69. The van der Waals surface area contributed by atoms with Crippen molar-refractivity contribution in [2.75, 3.05) is 10.6 Å².